The van der Waals surface area contributed by atoms with E-state index in [0.29, 0.717) is 6.54 Å². The molecule has 2 fully saturated rings. The Labute approximate surface area is 106 Å². The Balaban J connectivity index is 1.66. The fourth-order valence-electron chi connectivity index (χ4n) is 2.78. The SMILES string of the molecule is O=C1NC[C@]2(CCCN(Cc3ccccn3)C2)O1. The summed E-state index contributed by atoms with van der Waals surface area (Å²) >= 11 is 0. The van der Waals surface area contributed by atoms with Gasteiger partial charge in [-0.1, -0.05) is 6.07 Å². The number of hydrogen-bond donors (Lipinski definition) is 1. The number of carbonyl (C=O) groups excluding carboxylic acids is 1. The molecule has 0 radical (unpaired) electrons. The van der Waals surface area contributed by atoms with E-state index in [1.54, 1.807) is 0 Å². The zero-order valence-electron chi connectivity index (χ0n) is 10.3. The summed E-state index contributed by atoms with van der Waals surface area (Å²) < 4.78 is 5.45. The summed E-state index contributed by atoms with van der Waals surface area (Å²) in [4.78, 5) is 17.9. The highest BCUT2D eigenvalue weighted by atomic mass is 16.6. The fourth-order valence-corrected chi connectivity index (χ4v) is 2.78. The Morgan fingerprint density at radius 3 is 3.17 bits per heavy atom. The molecule has 0 aliphatic carbocycles. The summed E-state index contributed by atoms with van der Waals surface area (Å²) in [6.07, 6.45) is 3.54. The molecule has 2 saturated heterocycles. The van der Waals surface area contributed by atoms with Gasteiger partial charge in [0.15, 0.2) is 0 Å². The molecule has 5 nitrogen and oxygen atoms in total. The molecule has 0 aromatic carbocycles. The number of nitrogens with one attached hydrogen (secondary N) is 1. The van der Waals surface area contributed by atoms with Crippen molar-refractivity contribution in [2.45, 2.75) is 25.0 Å². The van der Waals surface area contributed by atoms with Crippen molar-refractivity contribution in [1.82, 2.24) is 15.2 Å². The lowest BCUT2D eigenvalue weighted by atomic mass is 9.93. The number of pyridine rings is 1. The summed E-state index contributed by atoms with van der Waals surface area (Å²) in [5.41, 5.74) is 0.747. The van der Waals surface area contributed by atoms with Crippen molar-refractivity contribution in [2.24, 2.45) is 0 Å². The van der Waals surface area contributed by atoms with Crippen molar-refractivity contribution < 1.29 is 9.53 Å². The average Bonchev–Trinajstić information content (AvgIpc) is 2.72. The number of piperidine rings is 1. The molecule has 1 aromatic rings. The first-order valence-electron chi connectivity index (χ1n) is 6.35. The number of rotatable bonds is 2. The first kappa shape index (κ1) is 11.5. The van der Waals surface area contributed by atoms with Crippen LogP contribution in [0.15, 0.2) is 24.4 Å². The fraction of sp³-hybridized carbons (Fsp3) is 0.538. The highest BCUT2D eigenvalue weighted by molar-refractivity contribution is 5.70. The molecule has 96 valence electrons. The standard InChI is InChI=1S/C13H17N3O2/c17-12-15-9-13(18-12)5-3-7-16(10-13)8-11-4-1-2-6-14-11/h1-2,4,6H,3,5,7-10H2,(H,15,17)/t13-/m0/s1. The molecule has 3 heterocycles. The molecule has 3 rings (SSSR count). The van der Waals surface area contributed by atoms with Crippen LogP contribution in [0.2, 0.25) is 0 Å². The summed E-state index contributed by atoms with van der Waals surface area (Å²) in [6, 6.07) is 5.95. The van der Waals surface area contributed by atoms with E-state index < -0.39 is 0 Å². The van der Waals surface area contributed by atoms with E-state index in [1.807, 2.05) is 24.4 Å². The van der Waals surface area contributed by atoms with Gasteiger partial charge in [-0.2, -0.15) is 0 Å². The molecule has 1 N–H and O–H groups in total. The Kier molecular flexibility index (Phi) is 2.91. The van der Waals surface area contributed by atoms with Gasteiger partial charge in [-0.3, -0.25) is 9.88 Å². The van der Waals surface area contributed by atoms with E-state index >= 15 is 0 Å². The van der Waals surface area contributed by atoms with Crippen molar-refractivity contribution in [2.75, 3.05) is 19.6 Å². The molecule has 1 spiro atoms. The third-order valence-corrected chi connectivity index (χ3v) is 3.59. The predicted molar refractivity (Wildman–Crippen MR) is 66.0 cm³/mol. The Bertz CT molecular complexity index is 437. The minimum Gasteiger partial charge on any atom is -0.440 e. The van der Waals surface area contributed by atoms with Crippen LogP contribution in [0.4, 0.5) is 4.79 Å². The first-order valence-corrected chi connectivity index (χ1v) is 6.35. The van der Waals surface area contributed by atoms with Crippen LogP contribution in [0.3, 0.4) is 0 Å². The lowest BCUT2D eigenvalue weighted by Gasteiger charge is -2.37. The van der Waals surface area contributed by atoms with E-state index in [-0.39, 0.29) is 11.7 Å². The monoisotopic (exact) mass is 247 g/mol. The van der Waals surface area contributed by atoms with Gasteiger partial charge in [0.25, 0.3) is 0 Å². The average molecular weight is 247 g/mol. The largest absolute Gasteiger partial charge is 0.440 e. The number of amides is 1. The van der Waals surface area contributed by atoms with Crippen LogP contribution in [0, 0.1) is 0 Å². The van der Waals surface area contributed by atoms with Crippen molar-refractivity contribution in [3.8, 4) is 0 Å². The van der Waals surface area contributed by atoms with Gasteiger partial charge >= 0.3 is 6.09 Å². The second-order valence-electron chi connectivity index (χ2n) is 5.06. The van der Waals surface area contributed by atoms with Crippen molar-refractivity contribution >= 4 is 6.09 Å². The molecule has 1 aromatic heterocycles. The van der Waals surface area contributed by atoms with Gasteiger partial charge in [0.1, 0.15) is 5.60 Å². The third kappa shape index (κ3) is 2.31. The Morgan fingerprint density at radius 2 is 2.44 bits per heavy atom. The van der Waals surface area contributed by atoms with Crippen LogP contribution < -0.4 is 5.32 Å². The predicted octanol–water partition coefficient (Wildman–Crippen LogP) is 1.16. The van der Waals surface area contributed by atoms with Crippen LogP contribution in [0.5, 0.6) is 0 Å². The van der Waals surface area contributed by atoms with Crippen LogP contribution in [0.25, 0.3) is 0 Å². The molecule has 1 atom stereocenters. The van der Waals surface area contributed by atoms with Crippen LogP contribution in [-0.2, 0) is 11.3 Å². The lowest BCUT2D eigenvalue weighted by molar-refractivity contribution is -0.0114. The van der Waals surface area contributed by atoms with Crippen LogP contribution >= 0.6 is 0 Å². The molecular weight excluding hydrogens is 230 g/mol. The number of ether oxygens (including phenoxy) is 1. The number of hydrogen-bond acceptors (Lipinski definition) is 4. The van der Waals surface area contributed by atoms with Gasteiger partial charge in [-0.05, 0) is 31.5 Å². The van der Waals surface area contributed by atoms with Gasteiger partial charge in [-0.25, -0.2) is 4.79 Å². The molecule has 5 heteroatoms. The van der Waals surface area contributed by atoms with Crippen LogP contribution in [-0.4, -0.2) is 41.2 Å². The zero-order valence-corrected chi connectivity index (χ0v) is 10.3. The van der Waals surface area contributed by atoms with Crippen LogP contribution in [0.1, 0.15) is 18.5 Å². The van der Waals surface area contributed by atoms with E-state index in [4.69, 9.17) is 4.74 Å². The molecule has 1 amide bonds. The lowest BCUT2D eigenvalue weighted by Crippen LogP contribution is -2.50. The quantitative estimate of drug-likeness (QED) is 0.852. The second kappa shape index (κ2) is 4.57. The highest BCUT2D eigenvalue weighted by Gasteiger charge is 2.43. The number of aromatic nitrogens is 1. The summed E-state index contributed by atoms with van der Waals surface area (Å²) in [5.74, 6) is 0. The molecule has 2 aliphatic rings. The van der Waals surface area contributed by atoms with Gasteiger partial charge in [0, 0.05) is 19.3 Å². The van der Waals surface area contributed by atoms with E-state index in [0.717, 1.165) is 38.2 Å². The number of carbonyl (C=O) groups is 1. The maximum atomic E-state index is 11.2. The Hall–Kier alpha value is -1.62. The maximum Gasteiger partial charge on any atom is 0.407 e. The Morgan fingerprint density at radius 1 is 1.50 bits per heavy atom. The van der Waals surface area contributed by atoms with E-state index in [2.05, 4.69) is 15.2 Å². The van der Waals surface area contributed by atoms with Gasteiger partial charge in [0.2, 0.25) is 0 Å². The molecule has 0 unspecified atom stereocenters. The van der Waals surface area contributed by atoms with Gasteiger partial charge in [0.05, 0.1) is 12.2 Å². The van der Waals surface area contributed by atoms with E-state index in [1.165, 1.54) is 0 Å². The van der Waals surface area contributed by atoms with Crippen molar-refractivity contribution in [1.29, 1.82) is 0 Å². The van der Waals surface area contributed by atoms with E-state index in [9.17, 15) is 4.79 Å². The number of alkyl carbamates (subject to hydrolysis) is 1. The topological polar surface area (TPSA) is 54.5 Å². The second-order valence-corrected chi connectivity index (χ2v) is 5.06. The zero-order chi connectivity index (χ0) is 12.4. The molecule has 2 aliphatic heterocycles. The third-order valence-electron chi connectivity index (χ3n) is 3.59. The highest BCUT2D eigenvalue weighted by Crippen LogP contribution is 2.28. The molecule has 18 heavy (non-hydrogen) atoms. The van der Waals surface area contributed by atoms with Crippen molar-refractivity contribution in [3.05, 3.63) is 30.1 Å². The smallest absolute Gasteiger partial charge is 0.407 e. The van der Waals surface area contributed by atoms with Gasteiger partial charge in [-0.15, -0.1) is 0 Å². The first-order chi connectivity index (χ1) is 8.76. The molecular formula is C13H17N3O2. The summed E-state index contributed by atoms with van der Waals surface area (Å²) in [7, 11) is 0. The summed E-state index contributed by atoms with van der Waals surface area (Å²) in [5, 5.41) is 2.76. The minimum atomic E-state index is -0.315. The van der Waals surface area contributed by atoms with Gasteiger partial charge < -0.3 is 10.1 Å². The molecule has 0 saturated carbocycles. The number of nitrogens with zero attached hydrogens (tertiary/aromatic N) is 2. The van der Waals surface area contributed by atoms with Crippen molar-refractivity contribution in [3.63, 3.8) is 0 Å². The minimum absolute atomic E-state index is 0.283. The molecule has 0 bridgehead atoms. The maximum absolute atomic E-state index is 11.2. The summed E-state index contributed by atoms with van der Waals surface area (Å²) in [6.45, 7) is 3.28. The number of likely N-dealkylation sites (tertiary alicyclic amines) is 1. The normalized spacial score (nSPS) is 28.1.